The summed E-state index contributed by atoms with van der Waals surface area (Å²) >= 11 is 0. The number of alkyl halides is 2. The molecule has 4 nitrogen and oxygen atoms in total. The van der Waals surface area contributed by atoms with Gasteiger partial charge in [0.05, 0.1) is 11.3 Å². The predicted molar refractivity (Wildman–Crippen MR) is 45.3 cm³/mol. The van der Waals surface area contributed by atoms with Crippen LogP contribution < -0.4 is 11.3 Å². The molecule has 0 aliphatic heterocycles. The van der Waals surface area contributed by atoms with Crippen molar-refractivity contribution in [2.24, 2.45) is 5.73 Å². The Morgan fingerprint density at radius 2 is 2.21 bits per heavy atom. The molecule has 0 saturated heterocycles. The van der Waals surface area contributed by atoms with Crippen molar-refractivity contribution < 1.29 is 13.6 Å². The van der Waals surface area contributed by atoms with E-state index in [0.29, 0.717) is 6.29 Å². The Morgan fingerprint density at radius 3 is 2.64 bits per heavy atom. The van der Waals surface area contributed by atoms with E-state index in [4.69, 9.17) is 5.73 Å². The van der Waals surface area contributed by atoms with Crippen LogP contribution in [0.4, 0.5) is 8.78 Å². The van der Waals surface area contributed by atoms with Crippen molar-refractivity contribution in [1.82, 2.24) is 4.98 Å². The van der Waals surface area contributed by atoms with Gasteiger partial charge in [0.15, 0.2) is 6.29 Å². The third-order valence-electron chi connectivity index (χ3n) is 1.75. The lowest BCUT2D eigenvalue weighted by Gasteiger charge is -2.04. The maximum absolute atomic E-state index is 12.2. The first-order valence-corrected chi connectivity index (χ1v) is 3.79. The number of hydrogen-bond donors (Lipinski definition) is 2. The molecule has 0 aliphatic carbocycles. The lowest BCUT2D eigenvalue weighted by atomic mass is 10.1. The van der Waals surface area contributed by atoms with Crippen LogP contribution in [0.15, 0.2) is 10.9 Å². The number of H-pyrrole nitrogens is 1. The van der Waals surface area contributed by atoms with E-state index in [0.717, 1.165) is 6.07 Å². The van der Waals surface area contributed by atoms with E-state index in [1.807, 2.05) is 4.98 Å². The van der Waals surface area contributed by atoms with Gasteiger partial charge in [-0.1, -0.05) is 0 Å². The monoisotopic (exact) mass is 202 g/mol. The number of aromatic amines is 1. The first kappa shape index (κ1) is 10.5. The molecule has 0 unspecified atom stereocenters. The Kier molecular flexibility index (Phi) is 3.08. The number of aldehydes is 1. The fourth-order valence-corrected chi connectivity index (χ4v) is 1.06. The number of carbonyl (C=O) groups excluding carboxylic acids is 1. The van der Waals surface area contributed by atoms with Gasteiger partial charge in [-0.2, -0.15) is 0 Å². The zero-order valence-electron chi connectivity index (χ0n) is 7.09. The third kappa shape index (κ3) is 1.85. The van der Waals surface area contributed by atoms with E-state index in [-0.39, 0.29) is 17.7 Å². The Labute approximate surface area is 77.7 Å². The third-order valence-corrected chi connectivity index (χ3v) is 1.75. The molecule has 76 valence electrons. The van der Waals surface area contributed by atoms with Crippen LogP contribution in [0.25, 0.3) is 0 Å². The van der Waals surface area contributed by atoms with Gasteiger partial charge in [0, 0.05) is 6.54 Å². The molecule has 0 bridgehead atoms. The van der Waals surface area contributed by atoms with E-state index in [9.17, 15) is 18.4 Å². The predicted octanol–water partition coefficient (Wildman–Crippen LogP) is 0.584. The van der Waals surface area contributed by atoms with Crippen LogP contribution in [0.1, 0.15) is 28.0 Å². The van der Waals surface area contributed by atoms with Crippen LogP contribution in [-0.2, 0) is 6.54 Å². The van der Waals surface area contributed by atoms with Crippen molar-refractivity contribution in [1.29, 1.82) is 0 Å². The van der Waals surface area contributed by atoms with Crippen molar-refractivity contribution >= 4 is 6.29 Å². The van der Waals surface area contributed by atoms with Crippen LogP contribution in [0.3, 0.4) is 0 Å². The topological polar surface area (TPSA) is 76.0 Å². The molecule has 6 heteroatoms. The van der Waals surface area contributed by atoms with Crippen molar-refractivity contribution in [2.45, 2.75) is 13.0 Å². The van der Waals surface area contributed by atoms with Crippen LogP contribution in [-0.4, -0.2) is 11.3 Å². The van der Waals surface area contributed by atoms with Crippen LogP contribution in [0.2, 0.25) is 0 Å². The maximum atomic E-state index is 12.2. The molecule has 0 amide bonds. The van der Waals surface area contributed by atoms with Gasteiger partial charge >= 0.3 is 0 Å². The summed E-state index contributed by atoms with van der Waals surface area (Å²) in [4.78, 5) is 23.4. The van der Waals surface area contributed by atoms with Crippen molar-refractivity contribution in [3.63, 3.8) is 0 Å². The molecule has 1 aromatic rings. The summed E-state index contributed by atoms with van der Waals surface area (Å²) in [5.74, 6) is 0. The van der Waals surface area contributed by atoms with Crippen LogP contribution >= 0.6 is 0 Å². The molecule has 0 atom stereocenters. The van der Waals surface area contributed by atoms with Gasteiger partial charge in [-0.05, 0) is 11.6 Å². The van der Waals surface area contributed by atoms with Gasteiger partial charge in [0.2, 0.25) is 0 Å². The van der Waals surface area contributed by atoms with E-state index in [1.54, 1.807) is 0 Å². The van der Waals surface area contributed by atoms with E-state index < -0.39 is 17.7 Å². The number of nitrogens with one attached hydrogen (secondary N) is 1. The highest BCUT2D eigenvalue weighted by molar-refractivity contribution is 5.76. The lowest BCUT2D eigenvalue weighted by molar-refractivity contribution is 0.111. The van der Waals surface area contributed by atoms with Crippen molar-refractivity contribution in [3.05, 3.63) is 33.2 Å². The standard InChI is InChI=1S/C8H8F2N2O2/c9-7(10)6-1-4(2-11)5(3-13)8(14)12-6/h1,3,7H,2,11H2,(H,12,14). The highest BCUT2D eigenvalue weighted by Gasteiger charge is 2.13. The molecule has 1 heterocycles. The van der Waals surface area contributed by atoms with Gasteiger partial charge < -0.3 is 10.7 Å². The van der Waals surface area contributed by atoms with E-state index in [2.05, 4.69) is 0 Å². The maximum Gasteiger partial charge on any atom is 0.278 e. The highest BCUT2D eigenvalue weighted by Crippen LogP contribution is 2.16. The second-order valence-electron chi connectivity index (χ2n) is 2.62. The van der Waals surface area contributed by atoms with Gasteiger partial charge in [0.25, 0.3) is 12.0 Å². The number of rotatable bonds is 3. The molecule has 0 aromatic carbocycles. The molecular weight excluding hydrogens is 194 g/mol. The SMILES string of the molecule is NCc1cc(C(F)F)[nH]c(=O)c1C=O. The molecule has 0 fully saturated rings. The fourth-order valence-electron chi connectivity index (χ4n) is 1.06. The van der Waals surface area contributed by atoms with Crippen molar-refractivity contribution in [3.8, 4) is 0 Å². The molecule has 0 aliphatic rings. The molecule has 0 saturated carbocycles. The average molecular weight is 202 g/mol. The largest absolute Gasteiger partial charge is 0.326 e. The van der Waals surface area contributed by atoms with E-state index >= 15 is 0 Å². The second kappa shape index (κ2) is 4.10. The first-order chi connectivity index (χ1) is 6.60. The molecule has 1 aromatic heterocycles. The first-order valence-electron chi connectivity index (χ1n) is 3.79. The number of pyridine rings is 1. The van der Waals surface area contributed by atoms with Crippen LogP contribution in [0.5, 0.6) is 0 Å². The Balaban J connectivity index is 3.39. The average Bonchev–Trinajstić information content (AvgIpc) is 2.16. The normalized spacial score (nSPS) is 10.6. The van der Waals surface area contributed by atoms with Gasteiger partial charge in [-0.3, -0.25) is 9.59 Å². The molecule has 0 spiro atoms. The zero-order chi connectivity index (χ0) is 10.7. The smallest absolute Gasteiger partial charge is 0.278 e. The summed E-state index contributed by atoms with van der Waals surface area (Å²) in [5, 5.41) is 0. The molecule has 0 radical (unpaired) electrons. The number of halogens is 2. The zero-order valence-corrected chi connectivity index (χ0v) is 7.09. The highest BCUT2D eigenvalue weighted by atomic mass is 19.3. The summed E-state index contributed by atoms with van der Waals surface area (Å²) in [6.45, 7) is -0.127. The summed E-state index contributed by atoms with van der Waals surface area (Å²) in [6, 6.07) is 1.02. The minimum Gasteiger partial charge on any atom is -0.326 e. The Hall–Kier alpha value is -1.56. The van der Waals surface area contributed by atoms with Crippen molar-refractivity contribution in [2.75, 3.05) is 0 Å². The van der Waals surface area contributed by atoms with E-state index in [1.165, 1.54) is 0 Å². The van der Waals surface area contributed by atoms with Crippen LogP contribution in [0, 0.1) is 0 Å². The second-order valence-corrected chi connectivity index (χ2v) is 2.62. The fraction of sp³-hybridized carbons (Fsp3) is 0.250. The number of aromatic nitrogens is 1. The van der Waals surface area contributed by atoms with Gasteiger partial charge in [-0.25, -0.2) is 8.78 Å². The Morgan fingerprint density at radius 1 is 1.57 bits per heavy atom. The lowest BCUT2D eigenvalue weighted by Crippen LogP contribution is -2.19. The molecule has 3 N–H and O–H groups in total. The summed E-state index contributed by atoms with van der Waals surface area (Å²) in [7, 11) is 0. The minimum atomic E-state index is -2.78. The molecule has 14 heavy (non-hydrogen) atoms. The number of nitrogens with two attached hydrogens (primary N) is 1. The quantitative estimate of drug-likeness (QED) is 0.704. The Bertz CT molecular complexity index is 401. The minimum absolute atomic E-state index is 0.124. The van der Waals surface area contributed by atoms with Gasteiger partial charge in [0.1, 0.15) is 0 Å². The summed E-state index contributed by atoms with van der Waals surface area (Å²) in [5.41, 5.74) is 3.77. The number of carbonyl (C=O) groups is 1. The summed E-state index contributed by atoms with van der Waals surface area (Å²) in [6.07, 6.45) is -2.48. The molecular formula is C8H8F2N2O2. The van der Waals surface area contributed by atoms with Gasteiger partial charge in [-0.15, -0.1) is 0 Å². The number of hydrogen-bond acceptors (Lipinski definition) is 3. The molecule has 1 rings (SSSR count). The summed E-state index contributed by atoms with van der Waals surface area (Å²) < 4.78 is 24.4.